The van der Waals surface area contributed by atoms with Crippen LogP contribution in [0.4, 0.5) is 0 Å². The maximum atomic E-state index is 6.03. The molecule has 2 aromatic heterocycles. The van der Waals surface area contributed by atoms with E-state index in [4.69, 9.17) is 11.6 Å². The summed E-state index contributed by atoms with van der Waals surface area (Å²) in [5, 5.41) is 10.2. The van der Waals surface area contributed by atoms with Gasteiger partial charge in [-0.05, 0) is 51.3 Å². The molecule has 3 rings (SSSR count). The summed E-state index contributed by atoms with van der Waals surface area (Å²) in [4.78, 5) is 10.7. The average Bonchev–Trinajstić information content (AvgIpc) is 3.04. The van der Waals surface area contributed by atoms with Crippen molar-refractivity contribution in [1.29, 1.82) is 0 Å². The highest BCUT2D eigenvalue weighted by molar-refractivity contribution is 7.99. The second kappa shape index (κ2) is 8.42. The molecule has 2 heterocycles. The van der Waals surface area contributed by atoms with Crippen molar-refractivity contribution in [1.82, 2.24) is 29.6 Å². The summed E-state index contributed by atoms with van der Waals surface area (Å²) in [5.41, 5.74) is 1.63. The van der Waals surface area contributed by atoms with Crippen LogP contribution in [-0.2, 0) is 0 Å². The molecule has 0 aliphatic rings. The van der Waals surface area contributed by atoms with E-state index in [0.717, 1.165) is 29.6 Å². The van der Waals surface area contributed by atoms with Gasteiger partial charge in [0, 0.05) is 28.9 Å². The summed E-state index contributed by atoms with van der Waals surface area (Å²) < 4.78 is 2.00. The lowest BCUT2D eigenvalue weighted by atomic mass is 10.3. The molecule has 0 saturated heterocycles. The van der Waals surface area contributed by atoms with Crippen LogP contribution in [0.25, 0.3) is 17.2 Å². The van der Waals surface area contributed by atoms with Gasteiger partial charge >= 0.3 is 0 Å². The fraction of sp³-hybridized carbons (Fsp3) is 0.294. The molecule has 6 nitrogen and oxygen atoms in total. The molecule has 0 aliphatic heterocycles. The number of aromatic nitrogens is 5. The van der Waals surface area contributed by atoms with E-state index in [2.05, 4.69) is 39.2 Å². The second-order valence-corrected chi connectivity index (χ2v) is 7.21. The molecule has 0 unspecified atom stereocenters. The van der Waals surface area contributed by atoms with E-state index in [1.807, 2.05) is 28.8 Å². The molecule has 1 aromatic carbocycles. The van der Waals surface area contributed by atoms with Gasteiger partial charge in [-0.2, -0.15) is 0 Å². The molecule has 8 heteroatoms. The van der Waals surface area contributed by atoms with Gasteiger partial charge in [0.25, 0.3) is 0 Å². The van der Waals surface area contributed by atoms with E-state index in [1.54, 1.807) is 30.4 Å². The van der Waals surface area contributed by atoms with Crippen molar-refractivity contribution in [3.05, 3.63) is 47.9 Å². The van der Waals surface area contributed by atoms with E-state index in [1.165, 1.54) is 0 Å². The molecule has 0 radical (unpaired) electrons. The third-order valence-electron chi connectivity index (χ3n) is 3.49. The highest BCUT2D eigenvalue weighted by Gasteiger charge is 2.17. The number of nitrogens with zero attached hydrogens (tertiary/aromatic N) is 6. The standard InChI is InChI=1S/C17H19ClN6S/c1-23(2)10-3-11-25-17-22-21-16(15-12-19-8-9-20-15)24(17)14-6-4-13(18)5-7-14/h4-9,12H,3,10-11H2,1-2H3. The molecule has 130 valence electrons. The number of benzene rings is 1. The Morgan fingerprint density at radius 1 is 1.12 bits per heavy atom. The Kier molecular flexibility index (Phi) is 6.01. The van der Waals surface area contributed by atoms with Crippen LogP contribution in [0.5, 0.6) is 0 Å². The van der Waals surface area contributed by atoms with Crippen LogP contribution >= 0.6 is 23.4 Å². The number of halogens is 1. The van der Waals surface area contributed by atoms with Crippen LogP contribution in [0.2, 0.25) is 5.02 Å². The van der Waals surface area contributed by atoms with Gasteiger partial charge in [0.1, 0.15) is 5.69 Å². The molecule has 3 aromatic rings. The number of thioether (sulfide) groups is 1. The Balaban J connectivity index is 1.92. The lowest BCUT2D eigenvalue weighted by Crippen LogP contribution is -2.13. The predicted octanol–water partition coefficient (Wildman–Crippen LogP) is 3.42. The minimum absolute atomic E-state index is 0.672. The Bertz CT molecular complexity index is 804. The van der Waals surface area contributed by atoms with Gasteiger partial charge in [-0.1, -0.05) is 23.4 Å². The molecule has 25 heavy (non-hydrogen) atoms. The Hall–Kier alpha value is -1.96. The van der Waals surface area contributed by atoms with E-state index in [9.17, 15) is 0 Å². The van der Waals surface area contributed by atoms with Gasteiger partial charge in [-0.25, -0.2) is 4.98 Å². The summed E-state index contributed by atoms with van der Waals surface area (Å²) in [5.74, 6) is 1.63. The predicted molar refractivity (Wildman–Crippen MR) is 101 cm³/mol. The van der Waals surface area contributed by atoms with Gasteiger partial charge in [0.15, 0.2) is 11.0 Å². The van der Waals surface area contributed by atoms with Crippen molar-refractivity contribution in [3.8, 4) is 17.2 Å². The summed E-state index contributed by atoms with van der Waals surface area (Å²) in [6.07, 6.45) is 6.06. The molecule has 0 N–H and O–H groups in total. The van der Waals surface area contributed by atoms with E-state index < -0.39 is 0 Å². The van der Waals surface area contributed by atoms with Crippen molar-refractivity contribution in [3.63, 3.8) is 0 Å². The van der Waals surface area contributed by atoms with Gasteiger partial charge < -0.3 is 4.90 Å². The molecule has 0 atom stereocenters. The number of hydrogen-bond acceptors (Lipinski definition) is 6. The summed E-state index contributed by atoms with van der Waals surface area (Å²) in [6, 6.07) is 7.63. The molecule has 0 aliphatic carbocycles. The zero-order valence-electron chi connectivity index (χ0n) is 14.1. The zero-order chi connectivity index (χ0) is 17.6. The minimum Gasteiger partial charge on any atom is -0.309 e. The largest absolute Gasteiger partial charge is 0.309 e. The fourth-order valence-corrected chi connectivity index (χ4v) is 3.31. The van der Waals surface area contributed by atoms with E-state index in [0.29, 0.717) is 16.5 Å². The van der Waals surface area contributed by atoms with Crippen LogP contribution in [-0.4, -0.2) is 56.0 Å². The monoisotopic (exact) mass is 374 g/mol. The maximum Gasteiger partial charge on any atom is 0.196 e. The normalized spacial score (nSPS) is 11.2. The molecular weight excluding hydrogens is 356 g/mol. The summed E-state index contributed by atoms with van der Waals surface area (Å²) in [7, 11) is 4.15. The third kappa shape index (κ3) is 4.56. The Morgan fingerprint density at radius 3 is 2.60 bits per heavy atom. The minimum atomic E-state index is 0.672. The first-order valence-corrected chi connectivity index (χ1v) is 9.27. The summed E-state index contributed by atoms with van der Waals surface area (Å²) >= 11 is 7.71. The average molecular weight is 375 g/mol. The first-order valence-electron chi connectivity index (χ1n) is 7.90. The van der Waals surface area contributed by atoms with Crippen molar-refractivity contribution in [2.75, 3.05) is 26.4 Å². The lowest BCUT2D eigenvalue weighted by molar-refractivity contribution is 0.410. The van der Waals surface area contributed by atoms with Crippen molar-refractivity contribution >= 4 is 23.4 Å². The van der Waals surface area contributed by atoms with Crippen molar-refractivity contribution < 1.29 is 0 Å². The van der Waals surface area contributed by atoms with E-state index in [-0.39, 0.29) is 0 Å². The van der Waals surface area contributed by atoms with Gasteiger partial charge in [0.2, 0.25) is 0 Å². The summed E-state index contributed by atoms with van der Waals surface area (Å²) in [6.45, 7) is 1.04. The van der Waals surface area contributed by atoms with Crippen LogP contribution in [0, 0.1) is 0 Å². The molecule has 0 amide bonds. The SMILES string of the molecule is CN(C)CCCSc1nnc(-c2cnccn2)n1-c1ccc(Cl)cc1. The zero-order valence-corrected chi connectivity index (χ0v) is 15.7. The Morgan fingerprint density at radius 2 is 1.92 bits per heavy atom. The van der Waals surface area contributed by atoms with Crippen LogP contribution < -0.4 is 0 Å². The first-order chi connectivity index (χ1) is 12.1. The molecule has 0 spiro atoms. The maximum absolute atomic E-state index is 6.03. The molecule has 0 fully saturated rings. The van der Waals surface area contributed by atoms with Crippen LogP contribution in [0.15, 0.2) is 48.0 Å². The quantitative estimate of drug-likeness (QED) is 0.466. The lowest BCUT2D eigenvalue weighted by Gasteiger charge is -2.11. The van der Waals surface area contributed by atoms with Gasteiger partial charge in [-0.15, -0.1) is 10.2 Å². The first kappa shape index (κ1) is 17.8. The van der Waals surface area contributed by atoms with Crippen LogP contribution in [0.1, 0.15) is 6.42 Å². The fourth-order valence-electron chi connectivity index (χ4n) is 2.31. The van der Waals surface area contributed by atoms with E-state index >= 15 is 0 Å². The van der Waals surface area contributed by atoms with Crippen molar-refractivity contribution in [2.45, 2.75) is 11.6 Å². The second-order valence-electron chi connectivity index (χ2n) is 5.71. The van der Waals surface area contributed by atoms with Gasteiger partial charge in [-0.3, -0.25) is 9.55 Å². The highest BCUT2D eigenvalue weighted by Crippen LogP contribution is 2.27. The smallest absolute Gasteiger partial charge is 0.196 e. The highest BCUT2D eigenvalue weighted by atomic mass is 35.5. The number of rotatable bonds is 7. The third-order valence-corrected chi connectivity index (χ3v) is 4.76. The van der Waals surface area contributed by atoms with Gasteiger partial charge in [0.05, 0.1) is 6.20 Å². The molecular formula is C17H19ClN6S. The van der Waals surface area contributed by atoms with Crippen molar-refractivity contribution in [2.24, 2.45) is 0 Å². The molecule has 0 bridgehead atoms. The topological polar surface area (TPSA) is 59.7 Å². The molecule has 0 saturated carbocycles. The number of hydrogen-bond donors (Lipinski definition) is 0. The Labute approximate surface area is 156 Å². The van der Waals surface area contributed by atoms with Crippen LogP contribution in [0.3, 0.4) is 0 Å².